The van der Waals surface area contributed by atoms with Gasteiger partial charge in [0.05, 0.1) is 12.6 Å². The summed E-state index contributed by atoms with van der Waals surface area (Å²) in [6, 6.07) is 6.24. The number of aliphatic imine (C=N–C) groups is 1. The predicted molar refractivity (Wildman–Crippen MR) is 118 cm³/mol. The zero-order valence-electron chi connectivity index (χ0n) is 16.1. The van der Waals surface area contributed by atoms with Crippen LogP contribution in [0.4, 0.5) is 4.39 Å². The topological polar surface area (TPSA) is 65.9 Å². The van der Waals surface area contributed by atoms with Crippen LogP contribution in [-0.2, 0) is 4.74 Å². The Labute approximate surface area is 179 Å². The first-order valence-electron chi connectivity index (χ1n) is 9.77. The molecule has 27 heavy (non-hydrogen) atoms. The highest BCUT2D eigenvalue weighted by molar-refractivity contribution is 14.0. The Bertz CT molecular complexity index is 554. The van der Waals surface area contributed by atoms with Crippen LogP contribution in [0.5, 0.6) is 0 Å². The van der Waals surface area contributed by atoms with E-state index >= 15 is 0 Å². The Morgan fingerprint density at radius 1 is 1.26 bits per heavy atom. The fraction of sp³-hybridized carbons (Fsp3) is 0.650. The summed E-state index contributed by atoms with van der Waals surface area (Å²) in [5, 5.41) is 16.5. The highest BCUT2D eigenvalue weighted by atomic mass is 127. The van der Waals surface area contributed by atoms with E-state index in [4.69, 9.17) is 4.74 Å². The van der Waals surface area contributed by atoms with E-state index in [9.17, 15) is 9.50 Å². The SMILES string of the molecule is CCNC(=NCC(O)c1ccccc1F)NCCCOC1CCCCC1.I. The number of aliphatic hydroxyl groups excluding tert-OH is 1. The van der Waals surface area contributed by atoms with Gasteiger partial charge in [0.15, 0.2) is 5.96 Å². The lowest BCUT2D eigenvalue weighted by molar-refractivity contribution is 0.0277. The van der Waals surface area contributed by atoms with Crippen molar-refractivity contribution < 1.29 is 14.2 Å². The third-order valence-corrected chi connectivity index (χ3v) is 4.55. The molecule has 1 fully saturated rings. The maximum absolute atomic E-state index is 13.7. The molecule has 0 spiro atoms. The van der Waals surface area contributed by atoms with Gasteiger partial charge in [-0.25, -0.2) is 4.39 Å². The molecular formula is C20H33FIN3O2. The van der Waals surface area contributed by atoms with Crippen LogP contribution >= 0.6 is 24.0 Å². The molecule has 1 saturated carbocycles. The quantitative estimate of drug-likeness (QED) is 0.212. The smallest absolute Gasteiger partial charge is 0.191 e. The van der Waals surface area contributed by atoms with Crippen LogP contribution in [0.3, 0.4) is 0 Å². The van der Waals surface area contributed by atoms with Gasteiger partial charge in [-0.2, -0.15) is 0 Å². The standard InChI is InChI=1S/C20H32FN3O2.HI/c1-2-22-20(23-13-8-14-26-16-9-4-3-5-10-16)24-15-19(25)17-11-6-7-12-18(17)21;/h6-7,11-12,16,19,25H,2-5,8-10,13-15H2,1H3,(H2,22,23,24);1H. The van der Waals surface area contributed by atoms with E-state index in [1.807, 2.05) is 6.92 Å². The van der Waals surface area contributed by atoms with Crippen LogP contribution in [0.15, 0.2) is 29.3 Å². The minimum absolute atomic E-state index is 0. The number of hydrogen-bond donors (Lipinski definition) is 3. The molecule has 1 aliphatic carbocycles. The number of aliphatic hydroxyl groups is 1. The second-order valence-electron chi connectivity index (χ2n) is 6.67. The van der Waals surface area contributed by atoms with Crippen molar-refractivity contribution in [1.82, 2.24) is 10.6 Å². The summed E-state index contributed by atoms with van der Waals surface area (Å²) < 4.78 is 19.6. The molecule has 1 atom stereocenters. The van der Waals surface area contributed by atoms with Crippen molar-refractivity contribution in [2.24, 2.45) is 4.99 Å². The van der Waals surface area contributed by atoms with Crippen molar-refractivity contribution in [3.05, 3.63) is 35.6 Å². The van der Waals surface area contributed by atoms with Crippen molar-refractivity contribution in [3.63, 3.8) is 0 Å². The van der Waals surface area contributed by atoms with Crippen LogP contribution in [0, 0.1) is 5.82 Å². The molecule has 1 aromatic rings. The Hall–Kier alpha value is -0.930. The highest BCUT2D eigenvalue weighted by Crippen LogP contribution is 2.20. The Morgan fingerprint density at radius 3 is 2.70 bits per heavy atom. The fourth-order valence-electron chi connectivity index (χ4n) is 3.12. The number of nitrogens with one attached hydrogen (secondary N) is 2. The van der Waals surface area contributed by atoms with Crippen LogP contribution in [-0.4, -0.2) is 43.4 Å². The average Bonchev–Trinajstić information content (AvgIpc) is 2.66. The molecule has 7 heteroatoms. The third-order valence-electron chi connectivity index (χ3n) is 4.55. The molecule has 0 radical (unpaired) electrons. The molecule has 154 valence electrons. The van der Waals surface area contributed by atoms with Crippen LogP contribution in [0.25, 0.3) is 0 Å². The van der Waals surface area contributed by atoms with Gasteiger partial charge in [-0.05, 0) is 32.3 Å². The van der Waals surface area contributed by atoms with E-state index in [0.717, 1.165) is 26.1 Å². The van der Waals surface area contributed by atoms with E-state index in [1.54, 1.807) is 18.2 Å². The van der Waals surface area contributed by atoms with Gasteiger partial charge in [-0.3, -0.25) is 4.99 Å². The van der Waals surface area contributed by atoms with Crippen molar-refractivity contribution in [3.8, 4) is 0 Å². The van der Waals surface area contributed by atoms with Crippen molar-refractivity contribution >= 4 is 29.9 Å². The van der Waals surface area contributed by atoms with Crippen molar-refractivity contribution in [2.45, 2.75) is 57.7 Å². The minimum Gasteiger partial charge on any atom is -0.386 e. The second kappa shape index (κ2) is 14.1. The second-order valence-corrected chi connectivity index (χ2v) is 6.67. The molecule has 0 heterocycles. The summed E-state index contributed by atoms with van der Waals surface area (Å²) in [5.74, 6) is 0.216. The normalized spacial score (nSPS) is 16.5. The van der Waals surface area contributed by atoms with Gasteiger partial charge in [0, 0.05) is 25.3 Å². The molecule has 0 aromatic heterocycles. The Morgan fingerprint density at radius 2 is 2.00 bits per heavy atom. The van der Waals surface area contributed by atoms with E-state index in [0.29, 0.717) is 12.1 Å². The van der Waals surface area contributed by atoms with Gasteiger partial charge in [-0.15, -0.1) is 24.0 Å². The lowest BCUT2D eigenvalue weighted by Gasteiger charge is -2.22. The van der Waals surface area contributed by atoms with E-state index in [1.165, 1.54) is 38.2 Å². The van der Waals surface area contributed by atoms with E-state index < -0.39 is 11.9 Å². The summed E-state index contributed by atoms with van der Waals surface area (Å²) in [5.41, 5.74) is 0.271. The predicted octanol–water partition coefficient (Wildman–Crippen LogP) is 3.77. The first-order valence-corrected chi connectivity index (χ1v) is 9.77. The van der Waals surface area contributed by atoms with E-state index in [-0.39, 0.29) is 36.1 Å². The fourth-order valence-corrected chi connectivity index (χ4v) is 3.12. The molecule has 0 bridgehead atoms. The first-order chi connectivity index (χ1) is 12.7. The van der Waals surface area contributed by atoms with Crippen LogP contribution < -0.4 is 10.6 Å². The number of guanidine groups is 1. The lowest BCUT2D eigenvalue weighted by atomic mass is 9.98. The zero-order chi connectivity index (χ0) is 18.6. The molecule has 0 saturated heterocycles. The Kier molecular flexibility index (Phi) is 12.6. The van der Waals surface area contributed by atoms with Crippen LogP contribution in [0.1, 0.15) is 57.1 Å². The van der Waals surface area contributed by atoms with Crippen molar-refractivity contribution in [2.75, 3.05) is 26.2 Å². The molecule has 1 aromatic carbocycles. The largest absolute Gasteiger partial charge is 0.386 e. The summed E-state index contributed by atoms with van der Waals surface area (Å²) in [6.07, 6.45) is 6.65. The van der Waals surface area contributed by atoms with Crippen LogP contribution in [0.2, 0.25) is 0 Å². The maximum atomic E-state index is 13.7. The number of hydrogen-bond acceptors (Lipinski definition) is 3. The van der Waals surface area contributed by atoms with Gasteiger partial charge >= 0.3 is 0 Å². The van der Waals surface area contributed by atoms with Crippen molar-refractivity contribution in [1.29, 1.82) is 0 Å². The number of benzene rings is 1. The lowest BCUT2D eigenvalue weighted by Crippen LogP contribution is -2.38. The summed E-state index contributed by atoms with van der Waals surface area (Å²) in [4.78, 5) is 4.36. The van der Waals surface area contributed by atoms with E-state index in [2.05, 4.69) is 15.6 Å². The molecule has 3 N–H and O–H groups in total. The number of rotatable bonds is 9. The average molecular weight is 493 g/mol. The van der Waals surface area contributed by atoms with Gasteiger partial charge < -0.3 is 20.5 Å². The number of nitrogens with zero attached hydrogens (tertiary/aromatic N) is 1. The number of ether oxygens (including phenoxy) is 1. The molecule has 5 nitrogen and oxygen atoms in total. The van der Waals surface area contributed by atoms with Gasteiger partial charge in [0.25, 0.3) is 0 Å². The molecular weight excluding hydrogens is 460 g/mol. The molecule has 2 rings (SSSR count). The molecule has 1 aliphatic rings. The Balaban J connectivity index is 0.00000364. The minimum atomic E-state index is -0.957. The van der Waals surface area contributed by atoms with Gasteiger partial charge in [0.1, 0.15) is 11.9 Å². The van der Waals surface area contributed by atoms with Gasteiger partial charge in [0.2, 0.25) is 0 Å². The first kappa shape index (κ1) is 24.1. The zero-order valence-corrected chi connectivity index (χ0v) is 18.5. The summed E-state index contributed by atoms with van der Waals surface area (Å²) in [6.45, 7) is 4.30. The molecule has 1 unspecified atom stereocenters. The third kappa shape index (κ3) is 9.21. The molecule has 0 amide bonds. The van der Waals surface area contributed by atoms with Gasteiger partial charge in [-0.1, -0.05) is 37.5 Å². The maximum Gasteiger partial charge on any atom is 0.191 e. The monoisotopic (exact) mass is 493 g/mol. The molecule has 0 aliphatic heterocycles. The summed E-state index contributed by atoms with van der Waals surface area (Å²) in [7, 11) is 0. The summed E-state index contributed by atoms with van der Waals surface area (Å²) >= 11 is 0. The highest BCUT2D eigenvalue weighted by Gasteiger charge is 2.13. The number of halogens is 2.